The van der Waals surface area contributed by atoms with E-state index in [1.165, 1.54) is 44.1 Å². The van der Waals surface area contributed by atoms with E-state index in [-0.39, 0.29) is 0 Å². The fraction of sp³-hybridized carbons (Fsp3) is 0.647. The molecule has 0 aromatic heterocycles. The van der Waals surface area contributed by atoms with Crippen LogP contribution in [0.2, 0.25) is 0 Å². The molecule has 2 rings (SSSR count). The second kappa shape index (κ2) is 8.34. The van der Waals surface area contributed by atoms with Gasteiger partial charge in [-0.2, -0.15) is 0 Å². The van der Waals surface area contributed by atoms with Crippen LogP contribution in [0.4, 0.5) is 0 Å². The van der Waals surface area contributed by atoms with Crippen LogP contribution in [-0.2, 0) is 6.42 Å². The van der Waals surface area contributed by atoms with Crippen molar-refractivity contribution in [3.63, 3.8) is 0 Å². The summed E-state index contributed by atoms with van der Waals surface area (Å²) >= 11 is 0. The van der Waals surface area contributed by atoms with Gasteiger partial charge in [-0.1, -0.05) is 49.6 Å². The minimum Gasteiger partial charge on any atom is -0.395 e. The molecule has 2 heteroatoms. The quantitative estimate of drug-likeness (QED) is 0.814. The molecule has 0 amide bonds. The van der Waals surface area contributed by atoms with Crippen molar-refractivity contribution in [1.82, 2.24) is 4.90 Å². The Kier molecular flexibility index (Phi) is 6.38. The molecular formula is C17H27NO. The van der Waals surface area contributed by atoms with E-state index < -0.39 is 0 Å². The molecule has 19 heavy (non-hydrogen) atoms. The SMILES string of the molecule is OCCN(CCCc1ccccc1)C1CCCCC1. The van der Waals surface area contributed by atoms with Crippen molar-refractivity contribution in [2.24, 2.45) is 0 Å². The fourth-order valence-electron chi connectivity index (χ4n) is 3.18. The zero-order valence-corrected chi connectivity index (χ0v) is 11.9. The average molecular weight is 261 g/mol. The van der Waals surface area contributed by atoms with Crippen LogP contribution in [0, 0.1) is 0 Å². The molecule has 1 N–H and O–H groups in total. The highest BCUT2D eigenvalue weighted by Crippen LogP contribution is 2.22. The standard InChI is InChI=1S/C17H27NO/c19-15-14-18(17-11-5-2-6-12-17)13-7-10-16-8-3-1-4-9-16/h1,3-4,8-9,17,19H,2,5-7,10-15H2. The van der Waals surface area contributed by atoms with Crippen molar-refractivity contribution in [2.75, 3.05) is 19.7 Å². The Morgan fingerprint density at radius 2 is 1.74 bits per heavy atom. The van der Waals surface area contributed by atoms with Crippen molar-refractivity contribution in [3.05, 3.63) is 35.9 Å². The van der Waals surface area contributed by atoms with Crippen LogP contribution in [0.3, 0.4) is 0 Å². The van der Waals surface area contributed by atoms with Gasteiger partial charge in [0, 0.05) is 12.6 Å². The summed E-state index contributed by atoms with van der Waals surface area (Å²) in [4.78, 5) is 2.52. The first-order chi connectivity index (χ1) is 9.40. The van der Waals surface area contributed by atoms with Gasteiger partial charge >= 0.3 is 0 Å². The van der Waals surface area contributed by atoms with Crippen LogP contribution in [0.1, 0.15) is 44.1 Å². The van der Waals surface area contributed by atoms with Crippen LogP contribution in [0.5, 0.6) is 0 Å². The number of aliphatic hydroxyl groups is 1. The zero-order valence-electron chi connectivity index (χ0n) is 11.9. The predicted molar refractivity (Wildman–Crippen MR) is 80.3 cm³/mol. The van der Waals surface area contributed by atoms with Crippen molar-refractivity contribution >= 4 is 0 Å². The van der Waals surface area contributed by atoms with Gasteiger partial charge in [-0.25, -0.2) is 0 Å². The fourth-order valence-corrected chi connectivity index (χ4v) is 3.18. The highest BCUT2D eigenvalue weighted by atomic mass is 16.3. The molecule has 1 saturated carbocycles. The molecule has 0 atom stereocenters. The normalized spacial score (nSPS) is 16.9. The third kappa shape index (κ3) is 4.96. The zero-order chi connectivity index (χ0) is 13.3. The van der Waals surface area contributed by atoms with Crippen LogP contribution >= 0.6 is 0 Å². The maximum Gasteiger partial charge on any atom is 0.0558 e. The average Bonchev–Trinajstić information content (AvgIpc) is 2.48. The first-order valence-corrected chi connectivity index (χ1v) is 7.79. The number of hydrogen-bond acceptors (Lipinski definition) is 2. The number of rotatable bonds is 7. The summed E-state index contributed by atoms with van der Waals surface area (Å²) in [6.45, 7) is 2.27. The molecule has 0 saturated heterocycles. The Labute approximate surface area is 117 Å². The lowest BCUT2D eigenvalue weighted by Gasteiger charge is -2.34. The Bertz CT molecular complexity index is 332. The molecule has 1 aliphatic carbocycles. The largest absolute Gasteiger partial charge is 0.395 e. The number of nitrogens with zero attached hydrogens (tertiary/aromatic N) is 1. The molecule has 1 aromatic rings. The number of aliphatic hydroxyl groups excluding tert-OH is 1. The lowest BCUT2D eigenvalue weighted by Crippen LogP contribution is -2.39. The van der Waals surface area contributed by atoms with E-state index in [4.69, 9.17) is 0 Å². The summed E-state index contributed by atoms with van der Waals surface area (Å²) in [7, 11) is 0. The summed E-state index contributed by atoms with van der Waals surface area (Å²) in [5, 5.41) is 9.24. The van der Waals surface area contributed by atoms with Gasteiger partial charge in [0.2, 0.25) is 0 Å². The summed E-state index contributed by atoms with van der Waals surface area (Å²) in [5.41, 5.74) is 1.43. The van der Waals surface area contributed by atoms with Crippen LogP contribution in [0.15, 0.2) is 30.3 Å². The second-order valence-corrected chi connectivity index (χ2v) is 5.64. The Morgan fingerprint density at radius 1 is 1.00 bits per heavy atom. The molecule has 0 radical (unpaired) electrons. The number of benzene rings is 1. The monoisotopic (exact) mass is 261 g/mol. The van der Waals surface area contributed by atoms with E-state index in [2.05, 4.69) is 35.2 Å². The Morgan fingerprint density at radius 3 is 2.42 bits per heavy atom. The van der Waals surface area contributed by atoms with E-state index in [0.29, 0.717) is 6.61 Å². The van der Waals surface area contributed by atoms with Gasteiger partial charge in [-0.3, -0.25) is 4.90 Å². The third-order valence-corrected chi connectivity index (χ3v) is 4.23. The minimum atomic E-state index is 0.293. The smallest absolute Gasteiger partial charge is 0.0558 e. The van der Waals surface area contributed by atoms with E-state index in [0.717, 1.165) is 25.6 Å². The van der Waals surface area contributed by atoms with Crippen molar-refractivity contribution in [1.29, 1.82) is 0 Å². The van der Waals surface area contributed by atoms with Crippen LogP contribution < -0.4 is 0 Å². The molecule has 0 spiro atoms. The minimum absolute atomic E-state index is 0.293. The van der Waals surface area contributed by atoms with Gasteiger partial charge in [-0.15, -0.1) is 0 Å². The van der Waals surface area contributed by atoms with E-state index in [1.54, 1.807) is 0 Å². The summed E-state index contributed by atoms with van der Waals surface area (Å²) in [6, 6.07) is 11.4. The Hall–Kier alpha value is -0.860. The van der Waals surface area contributed by atoms with Gasteiger partial charge in [0.25, 0.3) is 0 Å². The molecule has 0 bridgehead atoms. The maximum absolute atomic E-state index is 9.24. The van der Waals surface area contributed by atoms with Crippen LogP contribution in [0.25, 0.3) is 0 Å². The van der Waals surface area contributed by atoms with Gasteiger partial charge in [0.05, 0.1) is 6.61 Å². The van der Waals surface area contributed by atoms with Crippen LogP contribution in [-0.4, -0.2) is 35.7 Å². The first kappa shape index (κ1) is 14.5. The van der Waals surface area contributed by atoms with Crippen molar-refractivity contribution < 1.29 is 5.11 Å². The molecule has 106 valence electrons. The Balaban J connectivity index is 1.76. The molecule has 0 unspecified atom stereocenters. The molecule has 2 nitrogen and oxygen atoms in total. The summed E-state index contributed by atoms with van der Waals surface area (Å²) in [5.74, 6) is 0. The third-order valence-electron chi connectivity index (χ3n) is 4.23. The van der Waals surface area contributed by atoms with Gasteiger partial charge in [0.1, 0.15) is 0 Å². The van der Waals surface area contributed by atoms with Gasteiger partial charge in [-0.05, 0) is 37.8 Å². The summed E-state index contributed by atoms with van der Waals surface area (Å²) in [6.07, 6.45) is 9.12. The van der Waals surface area contributed by atoms with Gasteiger partial charge < -0.3 is 5.11 Å². The topological polar surface area (TPSA) is 23.5 Å². The molecule has 1 fully saturated rings. The molecule has 0 aliphatic heterocycles. The highest BCUT2D eigenvalue weighted by molar-refractivity contribution is 5.14. The van der Waals surface area contributed by atoms with Crippen molar-refractivity contribution in [2.45, 2.75) is 51.0 Å². The first-order valence-electron chi connectivity index (χ1n) is 7.79. The van der Waals surface area contributed by atoms with E-state index >= 15 is 0 Å². The molecule has 1 aliphatic rings. The summed E-state index contributed by atoms with van der Waals surface area (Å²) < 4.78 is 0. The lowest BCUT2D eigenvalue weighted by atomic mass is 9.94. The molecule has 1 aromatic carbocycles. The highest BCUT2D eigenvalue weighted by Gasteiger charge is 2.19. The lowest BCUT2D eigenvalue weighted by molar-refractivity contribution is 0.123. The molecule has 0 heterocycles. The second-order valence-electron chi connectivity index (χ2n) is 5.64. The van der Waals surface area contributed by atoms with E-state index in [9.17, 15) is 5.11 Å². The predicted octanol–water partition coefficient (Wildman–Crippen LogP) is 3.25. The van der Waals surface area contributed by atoms with Gasteiger partial charge in [0.15, 0.2) is 0 Å². The molecular weight excluding hydrogens is 234 g/mol. The number of aryl methyl sites for hydroxylation is 1. The maximum atomic E-state index is 9.24. The van der Waals surface area contributed by atoms with Crippen molar-refractivity contribution in [3.8, 4) is 0 Å². The number of hydrogen-bond donors (Lipinski definition) is 1. The van der Waals surface area contributed by atoms with E-state index in [1.807, 2.05) is 0 Å².